The van der Waals surface area contributed by atoms with Crippen molar-refractivity contribution < 1.29 is 13.3 Å². The zero-order valence-corrected chi connectivity index (χ0v) is 65.1. The second kappa shape index (κ2) is 26.0. The van der Waals surface area contributed by atoms with Gasteiger partial charge in [-0.25, -0.2) is 0 Å². The summed E-state index contributed by atoms with van der Waals surface area (Å²) in [5.74, 6) is 0. The standard InChI is InChI=1S/3C36H21NOS/c1-2-11-25(12-3-1)37-30-15-7-6-13-28(30)36-35(37)34-26(14-8-16-31(34)38-36)24-17-18-27-29-19-22-9-4-5-10-23(22)20-33(29)39-32(27)21-24;1-2-10-24(11-3-1)37-30-16-7-6-13-27(30)36-34(37)29-15-8-14-26(35(29)38-36)23-17-19-28-32(21-23)39-31-20-18-22-9-4-5-12-25(22)33(28)31;1-2-9-25(10-3-1)37-30-13-7-6-12-27(30)36-35(37)28-17-14-23(20-31(28)38-36)24-15-18-29-33(21-24)39-32-19-16-22-8-4-5-11-26(22)34(29)32/h3*1-21H. The van der Waals surface area contributed by atoms with Crippen LogP contribution in [0.5, 0.6) is 0 Å². The van der Waals surface area contributed by atoms with Crippen LogP contribution in [0, 0.1) is 0 Å². The third-order valence-electron chi connectivity index (χ3n) is 23.9. The number of thiophene rings is 3. The van der Waals surface area contributed by atoms with Crippen LogP contribution in [0.25, 0.3) is 242 Å². The third-order valence-corrected chi connectivity index (χ3v) is 27.3. The quantitative estimate of drug-likeness (QED) is 0.167. The highest BCUT2D eigenvalue weighted by Gasteiger charge is 2.26. The lowest BCUT2D eigenvalue weighted by molar-refractivity contribution is 0.672. The molecule has 9 heterocycles. The van der Waals surface area contributed by atoms with Gasteiger partial charge in [0.05, 0.1) is 21.9 Å². The molecule has 27 aromatic rings. The highest BCUT2D eigenvalue weighted by molar-refractivity contribution is 7.26. The molecule has 0 saturated carbocycles. The molecular weight excluding hydrogens is 1480 g/mol. The van der Waals surface area contributed by atoms with Crippen LogP contribution in [0.1, 0.15) is 0 Å². The van der Waals surface area contributed by atoms with Crippen LogP contribution in [-0.4, -0.2) is 13.7 Å². The molecule has 6 nitrogen and oxygen atoms in total. The molecule has 0 aliphatic carbocycles. The van der Waals surface area contributed by atoms with E-state index < -0.39 is 0 Å². The van der Waals surface area contributed by atoms with E-state index in [1.54, 1.807) is 0 Å². The number of furan rings is 3. The summed E-state index contributed by atoms with van der Waals surface area (Å²) in [6, 6.07) is 137. The predicted octanol–water partition coefficient (Wildman–Crippen LogP) is 32.2. The molecule has 0 atom stereocenters. The Morgan fingerprint density at radius 1 is 0.188 bits per heavy atom. The summed E-state index contributed by atoms with van der Waals surface area (Å²) in [4.78, 5) is 0. The van der Waals surface area contributed by atoms with Gasteiger partial charge < -0.3 is 27.0 Å². The molecule has 0 saturated heterocycles. The summed E-state index contributed by atoms with van der Waals surface area (Å²) in [5, 5.41) is 22.6. The Morgan fingerprint density at radius 3 is 1.17 bits per heavy atom. The molecule has 0 N–H and O–H groups in total. The summed E-state index contributed by atoms with van der Waals surface area (Å²) < 4.78 is 34.9. The number of benzene rings is 18. The lowest BCUT2D eigenvalue weighted by atomic mass is 9.99. The van der Waals surface area contributed by atoms with Gasteiger partial charge in [0.2, 0.25) is 0 Å². The summed E-state index contributed by atoms with van der Waals surface area (Å²) in [6.45, 7) is 0. The fourth-order valence-corrected chi connectivity index (χ4v) is 22.2. The van der Waals surface area contributed by atoms with Gasteiger partial charge in [0, 0.05) is 110 Å². The molecular formula is C108H63N3O3S3. The van der Waals surface area contributed by atoms with Crippen LogP contribution >= 0.6 is 34.0 Å². The third kappa shape index (κ3) is 10.2. The second-order valence-corrected chi connectivity index (χ2v) is 33.7. The van der Waals surface area contributed by atoms with E-state index in [2.05, 4.69) is 396 Å². The lowest BCUT2D eigenvalue weighted by Crippen LogP contribution is -1.93. The molecule has 0 aliphatic rings. The number of fused-ring (bicyclic) bond motifs is 29. The van der Waals surface area contributed by atoms with Crippen molar-refractivity contribution in [2.24, 2.45) is 0 Å². The topological polar surface area (TPSA) is 54.2 Å². The molecule has 0 spiro atoms. The van der Waals surface area contributed by atoms with Crippen LogP contribution in [0.4, 0.5) is 0 Å². The predicted molar refractivity (Wildman–Crippen MR) is 499 cm³/mol. The zero-order chi connectivity index (χ0) is 76.5. The number of hydrogen-bond donors (Lipinski definition) is 0. The van der Waals surface area contributed by atoms with Gasteiger partial charge in [-0.1, -0.05) is 243 Å². The van der Waals surface area contributed by atoms with Gasteiger partial charge in [0.25, 0.3) is 0 Å². The lowest BCUT2D eigenvalue weighted by Gasteiger charge is -2.09. The number of para-hydroxylation sites is 7. The highest BCUT2D eigenvalue weighted by atomic mass is 32.1. The summed E-state index contributed by atoms with van der Waals surface area (Å²) in [5.41, 5.74) is 22.9. The first kappa shape index (κ1) is 65.9. The second-order valence-electron chi connectivity index (χ2n) is 30.4. The highest BCUT2D eigenvalue weighted by Crippen LogP contribution is 2.50. The van der Waals surface area contributed by atoms with Crippen molar-refractivity contribution >= 4 is 226 Å². The Kier molecular flexibility index (Phi) is 14.6. The van der Waals surface area contributed by atoms with Crippen LogP contribution in [-0.2, 0) is 0 Å². The van der Waals surface area contributed by atoms with Gasteiger partial charge in [-0.05, 0) is 200 Å². The molecule has 0 bridgehead atoms. The van der Waals surface area contributed by atoms with E-state index in [0.29, 0.717) is 0 Å². The summed E-state index contributed by atoms with van der Waals surface area (Å²) in [6.07, 6.45) is 0. The maximum atomic E-state index is 6.76. The van der Waals surface area contributed by atoms with E-state index >= 15 is 0 Å². The smallest absolute Gasteiger partial charge is 0.161 e. The average molecular weight is 1550 g/mol. The molecule has 9 aromatic heterocycles. The van der Waals surface area contributed by atoms with Gasteiger partial charge in [-0.15, -0.1) is 34.0 Å². The van der Waals surface area contributed by atoms with Crippen molar-refractivity contribution in [3.05, 3.63) is 382 Å². The fourth-order valence-electron chi connectivity index (χ4n) is 18.7. The van der Waals surface area contributed by atoms with Gasteiger partial charge in [-0.2, -0.15) is 0 Å². The average Bonchev–Trinajstić information content (AvgIpc) is 1.56. The molecule has 9 heteroatoms. The normalized spacial score (nSPS) is 12.1. The molecule has 546 valence electrons. The zero-order valence-electron chi connectivity index (χ0n) is 62.7. The van der Waals surface area contributed by atoms with E-state index in [9.17, 15) is 0 Å². The molecule has 0 unspecified atom stereocenters. The van der Waals surface area contributed by atoms with E-state index in [1.165, 1.54) is 121 Å². The Bertz CT molecular complexity index is 8780. The minimum absolute atomic E-state index is 0.912. The fraction of sp³-hybridized carbons (Fsp3) is 0. The van der Waals surface area contributed by atoms with Crippen molar-refractivity contribution in [3.63, 3.8) is 0 Å². The largest absolute Gasteiger partial charge is 0.454 e. The van der Waals surface area contributed by atoms with Gasteiger partial charge >= 0.3 is 0 Å². The van der Waals surface area contributed by atoms with Crippen LogP contribution < -0.4 is 0 Å². The molecule has 0 aliphatic heterocycles. The molecule has 27 rings (SSSR count). The minimum atomic E-state index is 0.912. The monoisotopic (exact) mass is 1550 g/mol. The van der Waals surface area contributed by atoms with Crippen LogP contribution in [0.2, 0.25) is 0 Å². The Morgan fingerprint density at radius 2 is 0.581 bits per heavy atom. The van der Waals surface area contributed by atoms with Gasteiger partial charge in [-0.3, -0.25) is 0 Å². The number of rotatable bonds is 6. The number of aromatic nitrogens is 3. The number of hydrogen-bond acceptors (Lipinski definition) is 6. The SMILES string of the molecule is c1ccc(-n2c3ccccc3c3oc4c(-c5ccc6c(c5)sc5ccc7ccccc7c56)cccc4c32)cc1.c1ccc(-n2c3ccccc3c3oc4cc(-c5ccc6c(c5)sc5ccc7ccccc7c56)ccc4c32)cc1.c1ccc(-n2c3ccccc3c3oc4cccc(-c5ccc6c(c5)sc5cc7ccccc7cc56)c4c32)cc1. The van der Waals surface area contributed by atoms with Crippen LogP contribution in [0.3, 0.4) is 0 Å². The van der Waals surface area contributed by atoms with Gasteiger partial charge in [0.15, 0.2) is 16.7 Å². The maximum Gasteiger partial charge on any atom is 0.161 e. The summed E-state index contributed by atoms with van der Waals surface area (Å²) in [7, 11) is 0. The molecule has 0 radical (unpaired) electrons. The maximum absolute atomic E-state index is 6.76. The van der Waals surface area contributed by atoms with E-state index in [1.807, 2.05) is 34.0 Å². The Labute approximate surface area is 680 Å². The first-order valence-electron chi connectivity index (χ1n) is 39.6. The molecule has 117 heavy (non-hydrogen) atoms. The Hall–Kier alpha value is -14.6. The molecule has 18 aromatic carbocycles. The van der Waals surface area contributed by atoms with Crippen molar-refractivity contribution in [1.82, 2.24) is 13.7 Å². The van der Waals surface area contributed by atoms with Crippen LogP contribution in [0.15, 0.2) is 395 Å². The van der Waals surface area contributed by atoms with E-state index in [0.717, 1.165) is 122 Å². The van der Waals surface area contributed by atoms with E-state index in [4.69, 9.17) is 13.3 Å². The number of nitrogens with zero attached hydrogens (tertiary/aromatic N) is 3. The molecule has 0 fully saturated rings. The Balaban J connectivity index is 0.0000000980. The van der Waals surface area contributed by atoms with Crippen molar-refractivity contribution in [1.29, 1.82) is 0 Å². The first-order valence-corrected chi connectivity index (χ1v) is 42.0. The van der Waals surface area contributed by atoms with Crippen molar-refractivity contribution in [3.8, 4) is 50.4 Å². The summed E-state index contributed by atoms with van der Waals surface area (Å²) >= 11 is 5.60. The van der Waals surface area contributed by atoms with E-state index in [-0.39, 0.29) is 0 Å². The first-order chi connectivity index (χ1) is 58.0. The molecule has 0 amide bonds. The van der Waals surface area contributed by atoms with Gasteiger partial charge in [0.1, 0.15) is 33.3 Å². The minimum Gasteiger partial charge on any atom is -0.454 e. The van der Waals surface area contributed by atoms with Crippen molar-refractivity contribution in [2.75, 3.05) is 0 Å². The van der Waals surface area contributed by atoms with Crippen molar-refractivity contribution in [2.45, 2.75) is 0 Å².